The highest BCUT2D eigenvalue weighted by Crippen LogP contribution is 2.24. The summed E-state index contributed by atoms with van der Waals surface area (Å²) < 4.78 is 23.7. The molecule has 1 aliphatic heterocycles. The number of nitro groups is 1. The quantitative estimate of drug-likeness (QED) is 0.452. The van der Waals surface area contributed by atoms with E-state index in [1.165, 1.54) is 17.0 Å². The molecule has 1 aliphatic rings. The molecule has 2 rings (SSSR count). The van der Waals surface area contributed by atoms with Crippen LogP contribution in [0.3, 0.4) is 0 Å². The molecule has 1 heterocycles. The van der Waals surface area contributed by atoms with Crippen molar-refractivity contribution in [2.45, 2.75) is 19.4 Å². The predicted molar refractivity (Wildman–Crippen MR) is 79.7 cm³/mol. The molecule has 0 N–H and O–H groups in total. The molecule has 1 atom stereocenters. The minimum Gasteiger partial charge on any atom is -0.464 e. The van der Waals surface area contributed by atoms with Crippen molar-refractivity contribution in [1.29, 1.82) is 0 Å². The maximum absolute atomic E-state index is 13.6. The van der Waals surface area contributed by atoms with Gasteiger partial charge in [-0.1, -0.05) is 12.1 Å². The first kappa shape index (κ1) is 17.8. The van der Waals surface area contributed by atoms with Gasteiger partial charge in [0.05, 0.1) is 31.2 Å². The maximum Gasteiger partial charge on any atom is 0.331 e. The molecule has 130 valence electrons. The summed E-state index contributed by atoms with van der Waals surface area (Å²) in [5.74, 6) is -2.13. The van der Waals surface area contributed by atoms with Gasteiger partial charge in [-0.2, -0.15) is 4.39 Å². The Bertz CT molecular complexity index is 651. The van der Waals surface area contributed by atoms with Gasteiger partial charge in [-0.15, -0.1) is 0 Å². The summed E-state index contributed by atoms with van der Waals surface area (Å²) >= 11 is 0. The SMILES string of the molecule is CCOC(=O)C1COCCN1C(=O)Cc1cccc(F)c1[N+](=O)[O-]. The predicted octanol–water partition coefficient (Wildman–Crippen LogP) is 1.07. The number of hydrogen-bond acceptors (Lipinski definition) is 6. The molecule has 0 aliphatic carbocycles. The molecule has 0 spiro atoms. The molecule has 0 bridgehead atoms. The lowest BCUT2D eigenvalue weighted by molar-refractivity contribution is -0.388. The van der Waals surface area contributed by atoms with Crippen LogP contribution in [0.4, 0.5) is 10.1 Å². The molecule has 1 amide bonds. The Labute approximate surface area is 137 Å². The van der Waals surface area contributed by atoms with Crippen molar-refractivity contribution in [1.82, 2.24) is 4.90 Å². The Kier molecular flexibility index (Phi) is 5.80. The highest BCUT2D eigenvalue weighted by Gasteiger charge is 2.34. The Hall–Kier alpha value is -2.55. The van der Waals surface area contributed by atoms with Gasteiger partial charge in [-0.3, -0.25) is 14.9 Å². The van der Waals surface area contributed by atoms with E-state index in [9.17, 15) is 24.1 Å². The number of carbonyl (C=O) groups is 2. The second-order valence-corrected chi connectivity index (χ2v) is 5.11. The van der Waals surface area contributed by atoms with Gasteiger partial charge in [-0.05, 0) is 13.0 Å². The zero-order chi connectivity index (χ0) is 17.7. The van der Waals surface area contributed by atoms with Gasteiger partial charge < -0.3 is 14.4 Å². The molecule has 8 nitrogen and oxygen atoms in total. The highest BCUT2D eigenvalue weighted by molar-refractivity contribution is 5.86. The molecule has 0 saturated carbocycles. The Morgan fingerprint density at radius 2 is 2.25 bits per heavy atom. The van der Waals surface area contributed by atoms with E-state index >= 15 is 0 Å². The number of benzene rings is 1. The average Bonchev–Trinajstić information content (AvgIpc) is 2.54. The summed E-state index contributed by atoms with van der Waals surface area (Å²) in [4.78, 5) is 35.8. The van der Waals surface area contributed by atoms with Crippen molar-refractivity contribution in [3.05, 3.63) is 39.7 Å². The third-order valence-corrected chi connectivity index (χ3v) is 3.60. The van der Waals surface area contributed by atoms with E-state index < -0.39 is 34.3 Å². The van der Waals surface area contributed by atoms with E-state index in [1.807, 2.05) is 0 Å². The first-order chi connectivity index (χ1) is 11.5. The van der Waals surface area contributed by atoms with Crippen LogP contribution in [-0.2, 0) is 25.5 Å². The van der Waals surface area contributed by atoms with Crippen molar-refractivity contribution in [3.8, 4) is 0 Å². The molecular formula is C15H17FN2O6. The van der Waals surface area contributed by atoms with Gasteiger partial charge in [0.15, 0.2) is 6.04 Å². The number of esters is 1. The van der Waals surface area contributed by atoms with Crippen molar-refractivity contribution in [3.63, 3.8) is 0 Å². The molecule has 1 aromatic carbocycles. The molecule has 1 unspecified atom stereocenters. The van der Waals surface area contributed by atoms with Crippen LogP contribution in [0, 0.1) is 15.9 Å². The normalized spacial score (nSPS) is 17.4. The lowest BCUT2D eigenvalue weighted by atomic mass is 10.1. The van der Waals surface area contributed by atoms with Gasteiger partial charge in [0.25, 0.3) is 0 Å². The van der Waals surface area contributed by atoms with Crippen LogP contribution in [0.2, 0.25) is 0 Å². The maximum atomic E-state index is 13.6. The van der Waals surface area contributed by atoms with E-state index in [-0.39, 0.29) is 38.3 Å². The van der Waals surface area contributed by atoms with Crippen LogP contribution in [0.25, 0.3) is 0 Å². The van der Waals surface area contributed by atoms with Crippen molar-refractivity contribution in [2.75, 3.05) is 26.4 Å². The van der Waals surface area contributed by atoms with Crippen LogP contribution in [-0.4, -0.2) is 54.1 Å². The van der Waals surface area contributed by atoms with Crippen LogP contribution >= 0.6 is 0 Å². The fourth-order valence-corrected chi connectivity index (χ4v) is 2.51. The van der Waals surface area contributed by atoms with Gasteiger partial charge in [0, 0.05) is 12.1 Å². The average molecular weight is 340 g/mol. The van der Waals surface area contributed by atoms with Gasteiger partial charge >= 0.3 is 11.7 Å². The van der Waals surface area contributed by atoms with Crippen molar-refractivity contribution >= 4 is 17.6 Å². The Morgan fingerprint density at radius 3 is 2.92 bits per heavy atom. The third kappa shape index (κ3) is 3.85. The largest absolute Gasteiger partial charge is 0.464 e. The summed E-state index contributed by atoms with van der Waals surface area (Å²) in [5.41, 5.74) is -0.772. The summed E-state index contributed by atoms with van der Waals surface area (Å²) in [6, 6.07) is 2.67. The Morgan fingerprint density at radius 1 is 1.50 bits per heavy atom. The van der Waals surface area contributed by atoms with Crippen LogP contribution in [0.1, 0.15) is 12.5 Å². The van der Waals surface area contributed by atoms with E-state index in [0.717, 1.165) is 6.07 Å². The molecule has 1 saturated heterocycles. The number of amides is 1. The highest BCUT2D eigenvalue weighted by atomic mass is 19.1. The van der Waals surface area contributed by atoms with E-state index in [1.54, 1.807) is 6.92 Å². The molecule has 0 aromatic heterocycles. The van der Waals surface area contributed by atoms with E-state index in [4.69, 9.17) is 9.47 Å². The molecule has 9 heteroatoms. The second-order valence-electron chi connectivity index (χ2n) is 5.11. The smallest absolute Gasteiger partial charge is 0.331 e. The standard InChI is InChI=1S/C15H17FN2O6/c1-2-24-15(20)12-9-23-7-6-17(12)13(19)8-10-4-3-5-11(16)14(10)18(21)22/h3-5,12H,2,6-9H2,1H3. The number of carbonyl (C=O) groups excluding carboxylic acids is 2. The first-order valence-corrected chi connectivity index (χ1v) is 7.41. The number of morpholine rings is 1. The van der Waals surface area contributed by atoms with Crippen molar-refractivity contribution in [2.24, 2.45) is 0 Å². The zero-order valence-corrected chi connectivity index (χ0v) is 13.1. The van der Waals surface area contributed by atoms with Gasteiger partial charge in [0.2, 0.25) is 11.7 Å². The van der Waals surface area contributed by atoms with Gasteiger partial charge in [0.1, 0.15) is 0 Å². The molecule has 1 fully saturated rings. The topological polar surface area (TPSA) is 99.0 Å². The molecule has 0 radical (unpaired) electrons. The Balaban J connectivity index is 2.20. The lowest BCUT2D eigenvalue weighted by Gasteiger charge is -2.33. The fourth-order valence-electron chi connectivity index (χ4n) is 2.51. The summed E-state index contributed by atoms with van der Waals surface area (Å²) in [6.07, 6.45) is -0.385. The summed E-state index contributed by atoms with van der Waals surface area (Å²) in [5, 5.41) is 11.0. The third-order valence-electron chi connectivity index (χ3n) is 3.60. The lowest BCUT2D eigenvalue weighted by Crippen LogP contribution is -2.53. The number of nitro benzene ring substituents is 1. The van der Waals surface area contributed by atoms with Crippen molar-refractivity contribution < 1.29 is 28.4 Å². The molecule has 24 heavy (non-hydrogen) atoms. The second kappa shape index (κ2) is 7.82. The monoisotopic (exact) mass is 340 g/mol. The van der Waals surface area contributed by atoms with Crippen LogP contribution in [0.15, 0.2) is 18.2 Å². The fraction of sp³-hybridized carbons (Fsp3) is 0.467. The summed E-state index contributed by atoms with van der Waals surface area (Å²) in [6.45, 7) is 2.20. The van der Waals surface area contributed by atoms with E-state index in [2.05, 4.69) is 0 Å². The zero-order valence-electron chi connectivity index (χ0n) is 13.1. The minimum atomic E-state index is -1.01. The number of hydrogen-bond donors (Lipinski definition) is 0. The number of para-hydroxylation sites is 1. The van der Waals surface area contributed by atoms with E-state index in [0.29, 0.717) is 0 Å². The number of nitrogens with zero attached hydrogens (tertiary/aromatic N) is 2. The number of halogens is 1. The minimum absolute atomic E-state index is 0.00415. The number of rotatable bonds is 5. The van der Waals surface area contributed by atoms with Gasteiger partial charge in [-0.25, -0.2) is 4.79 Å². The number of ether oxygens (including phenoxy) is 2. The molecular weight excluding hydrogens is 323 g/mol. The molecule has 1 aromatic rings. The van der Waals surface area contributed by atoms with Crippen LogP contribution in [0.5, 0.6) is 0 Å². The first-order valence-electron chi connectivity index (χ1n) is 7.41. The summed E-state index contributed by atoms with van der Waals surface area (Å²) in [7, 11) is 0. The van der Waals surface area contributed by atoms with Crippen LogP contribution < -0.4 is 0 Å².